The minimum atomic E-state index is -0.965. The van der Waals surface area contributed by atoms with Crippen LogP contribution in [0.15, 0.2) is 48.6 Å². The molecule has 0 aromatic rings. The zero-order valence-electron chi connectivity index (χ0n) is 9.74. The van der Waals surface area contributed by atoms with Crippen molar-refractivity contribution in [3.63, 3.8) is 0 Å². The Morgan fingerprint density at radius 2 is 1.22 bits per heavy atom. The first-order valence-corrected chi connectivity index (χ1v) is 5.61. The van der Waals surface area contributed by atoms with E-state index >= 15 is 0 Å². The van der Waals surface area contributed by atoms with E-state index in [4.69, 9.17) is 20.0 Å². The Kier molecular flexibility index (Phi) is 3.21. The van der Waals surface area contributed by atoms with Crippen molar-refractivity contribution in [2.75, 3.05) is 0 Å². The second-order valence-corrected chi connectivity index (χ2v) is 4.15. The van der Waals surface area contributed by atoms with Crippen molar-refractivity contribution in [1.82, 2.24) is 0 Å². The predicted octanol–water partition coefficient (Wildman–Crippen LogP) is 2.49. The first kappa shape index (κ1) is 12.0. The summed E-state index contributed by atoms with van der Waals surface area (Å²) in [6, 6.07) is 0. The number of nitriles is 2. The van der Waals surface area contributed by atoms with Crippen molar-refractivity contribution in [3.05, 3.63) is 48.6 Å². The Morgan fingerprint density at radius 3 is 1.50 bits per heavy atom. The van der Waals surface area contributed by atoms with Gasteiger partial charge in [0.2, 0.25) is 0 Å². The molecular weight excluding hydrogens is 228 g/mol. The van der Waals surface area contributed by atoms with Crippen LogP contribution in [0.4, 0.5) is 0 Å². The lowest BCUT2D eigenvalue weighted by Gasteiger charge is -2.43. The van der Waals surface area contributed by atoms with Gasteiger partial charge in [0, 0.05) is 12.8 Å². The van der Waals surface area contributed by atoms with Crippen molar-refractivity contribution < 1.29 is 9.47 Å². The molecule has 0 aromatic heterocycles. The Bertz CT molecular complexity index is 471. The summed E-state index contributed by atoms with van der Waals surface area (Å²) >= 11 is 0. The second kappa shape index (κ2) is 4.81. The zero-order valence-corrected chi connectivity index (χ0v) is 9.74. The Morgan fingerprint density at radius 1 is 0.778 bits per heavy atom. The number of nitrogens with zero attached hydrogens (tertiary/aromatic N) is 2. The van der Waals surface area contributed by atoms with Crippen LogP contribution in [-0.2, 0) is 9.47 Å². The molecule has 0 saturated carbocycles. The molecule has 0 aliphatic heterocycles. The first-order valence-electron chi connectivity index (χ1n) is 5.61. The second-order valence-electron chi connectivity index (χ2n) is 4.15. The van der Waals surface area contributed by atoms with E-state index in [2.05, 4.69) is 0 Å². The highest BCUT2D eigenvalue weighted by Crippen LogP contribution is 2.41. The highest BCUT2D eigenvalue weighted by Gasteiger charge is 2.53. The largest absolute Gasteiger partial charge is 0.412 e. The van der Waals surface area contributed by atoms with E-state index in [-0.39, 0.29) is 0 Å². The first-order chi connectivity index (χ1) is 8.79. The molecule has 18 heavy (non-hydrogen) atoms. The van der Waals surface area contributed by atoms with Crippen molar-refractivity contribution in [2.24, 2.45) is 0 Å². The molecule has 4 heteroatoms. The maximum absolute atomic E-state index is 8.89. The van der Waals surface area contributed by atoms with Gasteiger partial charge < -0.3 is 9.47 Å². The van der Waals surface area contributed by atoms with E-state index in [0.29, 0.717) is 12.8 Å². The van der Waals surface area contributed by atoms with Crippen LogP contribution < -0.4 is 0 Å². The monoisotopic (exact) mass is 240 g/mol. The molecule has 0 bridgehead atoms. The number of hydrogen-bond donors (Lipinski definition) is 0. The molecule has 0 radical (unpaired) electrons. The van der Waals surface area contributed by atoms with Crippen LogP contribution >= 0.6 is 0 Å². The molecular formula is C14H12N2O2. The predicted molar refractivity (Wildman–Crippen MR) is 64.7 cm³/mol. The molecule has 0 saturated heterocycles. The molecule has 0 fully saturated rings. The fraction of sp³-hybridized carbons (Fsp3) is 0.286. The molecule has 90 valence electrons. The fourth-order valence-corrected chi connectivity index (χ4v) is 2.32. The molecule has 0 spiro atoms. The van der Waals surface area contributed by atoms with Crippen molar-refractivity contribution >= 4 is 0 Å². The van der Waals surface area contributed by atoms with Crippen LogP contribution in [0, 0.1) is 23.0 Å². The van der Waals surface area contributed by atoms with Gasteiger partial charge in [-0.3, -0.25) is 0 Å². The van der Waals surface area contributed by atoms with Crippen LogP contribution in [0.2, 0.25) is 0 Å². The molecule has 2 aliphatic carbocycles. The quantitative estimate of drug-likeness (QED) is 0.711. The highest BCUT2D eigenvalue weighted by molar-refractivity contribution is 5.34. The smallest absolute Gasteiger partial charge is 0.287 e. The zero-order chi connectivity index (χ0) is 12.9. The average Bonchev–Trinajstić information content (AvgIpc) is 2.41. The normalized spacial score (nSPS) is 32.6. The highest BCUT2D eigenvalue weighted by atomic mass is 16.6. The molecule has 2 unspecified atom stereocenters. The Balaban J connectivity index is 2.45. The number of ether oxygens (including phenoxy) is 2. The lowest BCUT2D eigenvalue weighted by Crippen LogP contribution is -2.54. The summed E-state index contributed by atoms with van der Waals surface area (Å²) in [6.45, 7) is 0. The number of allylic oxidation sites excluding steroid dienone is 4. The van der Waals surface area contributed by atoms with Gasteiger partial charge in [-0.05, 0) is 12.2 Å². The van der Waals surface area contributed by atoms with E-state index in [1.165, 1.54) is 0 Å². The van der Waals surface area contributed by atoms with Gasteiger partial charge in [0.05, 0.1) is 0 Å². The topological polar surface area (TPSA) is 66.0 Å². The summed E-state index contributed by atoms with van der Waals surface area (Å²) in [6.07, 6.45) is 19.1. The molecule has 2 rings (SSSR count). The van der Waals surface area contributed by atoms with Crippen LogP contribution in [0.3, 0.4) is 0 Å². The molecule has 4 nitrogen and oxygen atoms in total. The third-order valence-corrected chi connectivity index (χ3v) is 3.24. The Hall–Kier alpha value is -2.46. The summed E-state index contributed by atoms with van der Waals surface area (Å²) in [5, 5.41) is 17.8. The molecule has 0 aromatic carbocycles. The van der Waals surface area contributed by atoms with Gasteiger partial charge >= 0.3 is 0 Å². The van der Waals surface area contributed by atoms with E-state index in [9.17, 15) is 0 Å². The standard InChI is InChI=1S/C14H12N2O2/c15-11-17-13(7-3-1-4-8-13)14(18-12-16)9-5-2-6-10-14/h1-7,9H,8,10H2. The SMILES string of the molecule is N#COC1(C2(OC#N)C=CC=CC2)C=CC=CC1. The van der Waals surface area contributed by atoms with Crippen molar-refractivity contribution in [2.45, 2.75) is 24.0 Å². The third-order valence-electron chi connectivity index (χ3n) is 3.24. The molecule has 2 atom stereocenters. The van der Waals surface area contributed by atoms with Crippen LogP contribution in [0.25, 0.3) is 0 Å². The lowest BCUT2D eigenvalue weighted by atomic mass is 9.74. The van der Waals surface area contributed by atoms with Gasteiger partial charge in [0.25, 0.3) is 12.5 Å². The van der Waals surface area contributed by atoms with Crippen LogP contribution in [-0.4, -0.2) is 11.2 Å². The maximum atomic E-state index is 8.89. The number of rotatable bonds is 3. The maximum Gasteiger partial charge on any atom is 0.287 e. The third kappa shape index (κ3) is 1.78. The minimum Gasteiger partial charge on any atom is -0.412 e. The van der Waals surface area contributed by atoms with Crippen LogP contribution in [0.1, 0.15) is 12.8 Å². The van der Waals surface area contributed by atoms with E-state index < -0.39 is 11.2 Å². The molecule has 0 amide bonds. The summed E-state index contributed by atoms with van der Waals surface area (Å²) in [5.41, 5.74) is -1.93. The average molecular weight is 240 g/mol. The summed E-state index contributed by atoms with van der Waals surface area (Å²) in [5.74, 6) is 0. The van der Waals surface area contributed by atoms with Crippen LogP contribution in [0.5, 0.6) is 0 Å². The number of hydrogen-bond acceptors (Lipinski definition) is 4. The van der Waals surface area contributed by atoms with Crippen molar-refractivity contribution in [1.29, 1.82) is 10.5 Å². The van der Waals surface area contributed by atoms with Gasteiger partial charge in [-0.1, -0.05) is 36.5 Å². The van der Waals surface area contributed by atoms with E-state index in [0.717, 1.165) is 0 Å². The molecule has 0 heterocycles. The van der Waals surface area contributed by atoms with Gasteiger partial charge in [-0.15, -0.1) is 0 Å². The van der Waals surface area contributed by atoms with Crippen molar-refractivity contribution in [3.8, 4) is 12.5 Å². The Labute approximate surface area is 106 Å². The van der Waals surface area contributed by atoms with Gasteiger partial charge in [-0.25, -0.2) is 0 Å². The molecule has 2 aliphatic rings. The van der Waals surface area contributed by atoms with Gasteiger partial charge in [-0.2, -0.15) is 10.5 Å². The lowest BCUT2D eigenvalue weighted by molar-refractivity contribution is -0.0900. The fourth-order valence-electron chi connectivity index (χ4n) is 2.32. The van der Waals surface area contributed by atoms with E-state index in [1.807, 2.05) is 24.3 Å². The van der Waals surface area contributed by atoms with Gasteiger partial charge in [0.1, 0.15) is 0 Å². The molecule has 0 N–H and O–H groups in total. The summed E-state index contributed by atoms with van der Waals surface area (Å²) in [7, 11) is 0. The van der Waals surface area contributed by atoms with E-state index in [1.54, 1.807) is 36.8 Å². The minimum absolute atomic E-state index is 0.483. The summed E-state index contributed by atoms with van der Waals surface area (Å²) in [4.78, 5) is 0. The van der Waals surface area contributed by atoms with Gasteiger partial charge in [0.15, 0.2) is 11.2 Å². The summed E-state index contributed by atoms with van der Waals surface area (Å²) < 4.78 is 10.5.